The Morgan fingerprint density at radius 2 is 2.00 bits per heavy atom. The second kappa shape index (κ2) is 4.40. The van der Waals surface area contributed by atoms with Gasteiger partial charge >= 0.3 is 6.18 Å². The molecule has 18 heavy (non-hydrogen) atoms. The molecule has 4 nitrogen and oxygen atoms in total. The van der Waals surface area contributed by atoms with Crippen molar-refractivity contribution in [2.45, 2.75) is 19.1 Å². The molecule has 1 saturated heterocycles. The number of likely N-dealkylation sites (tertiary alicyclic amines) is 1. The van der Waals surface area contributed by atoms with Crippen LogP contribution in [0, 0.1) is 0 Å². The average molecular weight is 258 g/mol. The lowest BCUT2D eigenvalue weighted by Gasteiger charge is -2.14. The highest BCUT2D eigenvalue weighted by Crippen LogP contribution is 2.28. The fraction of sp³-hybridized carbons (Fsp3) is 0.364. The monoisotopic (exact) mass is 258 g/mol. The molecule has 0 unspecified atom stereocenters. The molecule has 0 bridgehead atoms. The molecule has 0 aromatic carbocycles. The van der Waals surface area contributed by atoms with E-state index in [4.69, 9.17) is 0 Å². The zero-order valence-corrected chi connectivity index (χ0v) is 9.20. The van der Waals surface area contributed by atoms with Crippen LogP contribution in [0.2, 0.25) is 0 Å². The van der Waals surface area contributed by atoms with Gasteiger partial charge in [0.05, 0.1) is 30.8 Å². The van der Waals surface area contributed by atoms with Crippen LogP contribution in [0.4, 0.5) is 13.2 Å². The molecule has 1 fully saturated rings. The predicted octanol–water partition coefficient (Wildman–Crippen LogP) is 1.40. The summed E-state index contributed by atoms with van der Waals surface area (Å²) < 4.78 is 36.9. The van der Waals surface area contributed by atoms with E-state index < -0.39 is 11.7 Å². The van der Waals surface area contributed by atoms with E-state index in [1.54, 1.807) is 0 Å². The van der Waals surface area contributed by atoms with Crippen molar-refractivity contribution in [2.24, 2.45) is 0 Å². The maximum atomic E-state index is 12.3. The van der Waals surface area contributed by atoms with Crippen molar-refractivity contribution in [1.29, 1.82) is 0 Å². The minimum atomic E-state index is -4.43. The van der Waals surface area contributed by atoms with Crippen LogP contribution in [0.3, 0.4) is 0 Å². The number of hydrogen-bond donors (Lipinski definition) is 0. The molecule has 1 aliphatic heterocycles. The standard InChI is InChI=1S/C11H9F3N2O2/c12-11(13,14)7-1-2-8(15-4-7)5-16-6-9(17)3-10(16)18/h1-2,4H,3,5-6H2. The van der Waals surface area contributed by atoms with Gasteiger partial charge in [0.15, 0.2) is 5.78 Å². The van der Waals surface area contributed by atoms with Crippen molar-refractivity contribution >= 4 is 11.7 Å². The maximum Gasteiger partial charge on any atom is 0.417 e. The van der Waals surface area contributed by atoms with Crippen LogP contribution in [0.25, 0.3) is 0 Å². The number of carbonyl (C=O) groups excluding carboxylic acids is 2. The fourth-order valence-electron chi connectivity index (χ4n) is 1.66. The molecule has 2 rings (SSSR count). The first-order valence-corrected chi connectivity index (χ1v) is 5.18. The summed E-state index contributed by atoms with van der Waals surface area (Å²) in [4.78, 5) is 27.2. The molecule has 0 N–H and O–H groups in total. The highest BCUT2D eigenvalue weighted by molar-refractivity contribution is 6.05. The van der Waals surface area contributed by atoms with Crippen LogP contribution in [0.15, 0.2) is 18.3 Å². The number of carbonyl (C=O) groups is 2. The molecule has 1 amide bonds. The minimum absolute atomic E-state index is 0.00152. The van der Waals surface area contributed by atoms with Crippen LogP contribution >= 0.6 is 0 Å². The Balaban J connectivity index is 2.07. The maximum absolute atomic E-state index is 12.3. The zero-order valence-electron chi connectivity index (χ0n) is 9.20. The summed E-state index contributed by atoms with van der Waals surface area (Å²) in [5.74, 6) is -0.506. The predicted molar refractivity (Wildman–Crippen MR) is 54.3 cm³/mol. The Morgan fingerprint density at radius 3 is 2.44 bits per heavy atom. The molecule has 0 aliphatic carbocycles. The third-order valence-electron chi connectivity index (χ3n) is 2.57. The number of nitrogens with zero attached hydrogens (tertiary/aromatic N) is 2. The van der Waals surface area contributed by atoms with Crippen molar-refractivity contribution in [3.63, 3.8) is 0 Å². The second-order valence-electron chi connectivity index (χ2n) is 4.00. The number of amides is 1. The number of halogens is 3. The Hall–Kier alpha value is -1.92. The summed E-state index contributed by atoms with van der Waals surface area (Å²) >= 11 is 0. The Bertz CT molecular complexity index is 482. The number of ketones is 1. The molecule has 0 spiro atoms. The lowest BCUT2D eigenvalue weighted by Crippen LogP contribution is -2.25. The van der Waals surface area contributed by atoms with E-state index in [2.05, 4.69) is 4.98 Å². The average Bonchev–Trinajstić information content (AvgIpc) is 2.57. The molecule has 1 aromatic heterocycles. The summed E-state index contributed by atoms with van der Waals surface area (Å²) in [7, 11) is 0. The number of Topliss-reactive ketones (excluding diaryl/α,β-unsaturated/α-hetero) is 1. The molecule has 1 aliphatic rings. The van der Waals surface area contributed by atoms with Crippen LogP contribution < -0.4 is 0 Å². The Morgan fingerprint density at radius 1 is 1.28 bits per heavy atom. The first kappa shape index (κ1) is 12.5. The SMILES string of the molecule is O=C1CC(=O)N(Cc2ccc(C(F)(F)F)cn2)C1. The van der Waals surface area contributed by atoms with Gasteiger partial charge in [-0.15, -0.1) is 0 Å². The van der Waals surface area contributed by atoms with Gasteiger partial charge in [-0.2, -0.15) is 13.2 Å². The lowest BCUT2D eigenvalue weighted by atomic mass is 10.2. The topological polar surface area (TPSA) is 50.3 Å². The summed E-state index contributed by atoms with van der Waals surface area (Å²) in [5, 5.41) is 0. The normalized spacial score (nSPS) is 16.5. The van der Waals surface area contributed by atoms with E-state index in [0.29, 0.717) is 5.69 Å². The first-order valence-electron chi connectivity index (χ1n) is 5.18. The number of pyridine rings is 1. The van der Waals surface area contributed by atoms with Gasteiger partial charge in [-0.3, -0.25) is 14.6 Å². The van der Waals surface area contributed by atoms with Crippen molar-refractivity contribution in [3.8, 4) is 0 Å². The molecular weight excluding hydrogens is 249 g/mol. The number of aromatic nitrogens is 1. The molecule has 7 heteroatoms. The molecule has 96 valence electrons. The summed E-state index contributed by atoms with van der Waals surface area (Å²) in [5.41, 5.74) is -0.513. The molecule has 0 radical (unpaired) electrons. The van der Waals surface area contributed by atoms with Crippen molar-refractivity contribution in [3.05, 3.63) is 29.6 Å². The number of hydrogen-bond acceptors (Lipinski definition) is 3. The first-order chi connectivity index (χ1) is 8.36. The third-order valence-corrected chi connectivity index (χ3v) is 2.57. The van der Waals surface area contributed by atoms with E-state index in [1.807, 2.05) is 0 Å². The van der Waals surface area contributed by atoms with Gasteiger partial charge in [-0.05, 0) is 12.1 Å². The van der Waals surface area contributed by atoms with E-state index in [-0.39, 0.29) is 31.2 Å². The molecule has 2 heterocycles. The number of alkyl halides is 3. The highest BCUT2D eigenvalue weighted by Gasteiger charge is 2.31. The summed E-state index contributed by atoms with van der Waals surface area (Å²) in [6.07, 6.45) is -3.84. The Labute approximate surface area is 100 Å². The van der Waals surface area contributed by atoms with Crippen LogP contribution in [0.5, 0.6) is 0 Å². The van der Waals surface area contributed by atoms with E-state index >= 15 is 0 Å². The number of rotatable bonds is 2. The Kier molecular flexibility index (Phi) is 3.06. The third kappa shape index (κ3) is 2.66. The van der Waals surface area contributed by atoms with Crippen LogP contribution in [-0.2, 0) is 22.3 Å². The van der Waals surface area contributed by atoms with Crippen molar-refractivity contribution in [1.82, 2.24) is 9.88 Å². The van der Waals surface area contributed by atoms with E-state index in [0.717, 1.165) is 12.3 Å². The van der Waals surface area contributed by atoms with E-state index in [1.165, 1.54) is 11.0 Å². The van der Waals surface area contributed by atoms with Gasteiger partial charge in [-0.25, -0.2) is 0 Å². The second-order valence-corrected chi connectivity index (χ2v) is 4.00. The van der Waals surface area contributed by atoms with E-state index in [9.17, 15) is 22.8 Å². The fourth-order valence-corrected chi connectivity index (χ4v) is 1.66. The molecule has 0 atom stereocenters. The summed E-state index contributed by atoms with van der Waals surface area (Å²) in [6, 6.07) is 2.11. The van der Waals surface area contributed by atoms with Gasteiger partial charge in [0.25, 0.3) is 0 Å². The minimum Gasteiger partial charge on any atom is -0.329 e. The van der Waals surface area contributed by atoms with Crippen molar-refractivity contribution < 1.29 is 22.8 Å². The molecular formula is C11H9F3N2O2. The lowest BCUT2D eigenvalue weighted by molar-refractivity contribution is -0.138. The van der Waals surface area contributed by atoms with Gasteiger partial charge in [0, 0.05) is 6.20 Å². The summed E-state index contributed by atoms with van der Waals surface area (Å²) in [6.45, 7) is 0.0598. The smallest absolute Gasteiger partial charge is 0.329 e. The molecule has 1 aromatic rings. The van der Waals surface area contributed by atoms with Gasteiger partial charge in [0.2, 0.25) is 5.91 Å². The van der Waals surface area contributed by atoms with Crippen LogP contribution in [0.1, 0.15) is 17.7 Å². The van der Waals surface area contributed by atoms with Crippen molar-refractivity contribution in [2.75, 3.05) is 6.54 Å². The zero-order chi connectivity index (χ0) is 13.3. The van der Waals surface area contributed by atoms with Gasteiger partial charge in [0.1, 0.15) is 0 Å². The quantitative estimate of drug-likeness (QED) is 0.753. The van der Waals surface area contributed by atoms with Gasteiger partial charge < -0.3 is 4.90 Å². The largest absolute Gasteiger partial charge is 0.417 e. The molecule has 0 saturated carbocycles. The van der Waals surface area contributed by atoms with Crippen LogP contribution in [-0.4, -0.2) is 28.1 Å². The van der Waals surface area contributed by atoms with Gasteiger partial charge in [-0.1, -0.05) is 0 Å². The highest BCUT2D eigenvalue weighted by atomic mass is 19.4.